The standard InChI is InChI=1S/C11H13ClINO4/c1-18-11(17)7-2-3-8(10(13)9(7)12)14-4-6(16)5-15/h2-3,6,14-16H,4-5H2,1H3. The molecule has 1 rings (SSSR count). The van der Waals surface area contributed by atoms with Gasteiger partial charge in [-0.2, -0.15) is 0 Å². The summed E-state index contributed by atoms with van der Waals surface area (Å²) in [6.45, 7) is -0.127. The Morgan fingerprint density at radius 3 is 2.83 bits per heavy atom. The summed E-state index contributed by atoms with van der Waals surface area (Å²) < 4.78 is 5.26. The molecule has 0 amide bonds. The van der Waals surface area contributed by atoms with Gasteiger partial charge in [0.1, 0.15) is 0 Å². The summed E-state index contributed by atoms with van der Waals surface area (Å²) in [4.78, 5) is 11.4. The van der Waals surface area contributed by atoms with Crippen molar-refractivity contribution >= 4 is 45.8 Å². The van der Waals surface area contributed by atoms with E-state index in [1.165, 1.54) is 7.11 Å². The molecule has 7 heteroatoms. The SMILES string of the molecule is COC(=O)c1ccc(NCC(O)CO)c(I)c1Cl. The van der Waals surface area contributed by atoms with E-state index in [9.17, 15) is 9.90 Å². The van der Waals surface area contributed by atoms with Crippen molar-refractivity contribution < 1.29 is 19.7 Å². The van der Waals surface area contributed by atoms with Gasteiger partial charge in [-0.1, -0.05) is 11.6 Å². The molecule has 1 atom stereocenters. The van der Waals surface area contributed by atoms with Crippen LogP contribution in [0.25, 0.3) is 0 Å². The second-order valence-electron chi connectivity index (χ2n) is 3.50. The number of esters is 1. The number of carbonyl (C=O) groups is 1. The Balaban J connectivity index is 2.90. The number of rotatable bonds is 5. The largest absolute Gasteiger partial charge is 0.465 e. The molecule has 0 spiro atoms. The lowest BCUT2D eigenvalue weighted by molar-refractivity contribution is 0.0601. The lowest BCUT2D eigenvalue weighted by Crippen LogP contribution is -2.23. The third kappa shape index (κ3) is 3.71. The first kappa shape index (κ1) is 15.5. The maximum Gasteiger partial charge on any atom is 0.339 e. The Morgan fingerprint density at radius 1 is 1.61 bits per heavy atom. The molecule has 0 aliphatic carbocycles. The van der Waals surface area contributed by atoms with E-state index in [1.807, 2.05) is 22.6 Å². The van der Waals surface area contributed by atoms with Gasteiger partial charge in [-0.3, -0.25) is 0 Å². The van der Waals surface area contributed by atoms with Crippen LogP contribution in [0, 0.1) is 3.57 Å². The Kier molecular flexibility index (Phi) is 6.13. The molecule has 0 saturated heterocycles. The van der Waals surface area contributed by atoms with E-state index in [0.29, 0.717) is 14.3 Å². The Morgan fingerprint density at radius 2 is 2.28 bits per heavy atom. The van der Waals surface area contributed by atoms with E-state index in [-0.39, 0.29) is 18.7 Å². The average molecular weight is 386 g/mol. The third-order valence-electron chi connectivity index (χ3n) is 2.23. The van der Waals surface area contributed by atoms with Gasteiger partial charge < -0.3 is 20.3 Å². The van der Waals surface area contributed by atoms with E-state index in [2.05, 4.69) is 10.1 Å². The highest BCUT2D eigenvalue weighted by atomic mass is 127. The topological polar surface area (TPSA) is 78.8 Å². The summed E-state index contributed by atoms with van der Waals surface area (Å²) in [5.41, 5.74) is 0.970. The number of hydrogen-bond donors (Lipinski definition) is 3. The molecule has 1 unspecified atom stereocenters. The molecule has 0 radical (unpaired) electrons. The van der Waals surface area contributed by atoms with Crippen LogP contribution in [0.1, 0.15) is 10.4 Å². The van der Waals surface area contributed by atoms with Gasteiger partial charge >= 0.3 is 5.97 Å². The summed E-state index contributed by atoms with van der Waals surface area (Å²) >= 11 is 8.05. The molecule has 0 aliphatic rings. The fraction of sp³-hybridized carbons (Fsp3) is 0.364. The predicted molar refractivity (Wildman–Crippen MR) is 77.1 cm³/mol. The number of halogens is 2. The number of hydrogen-bond acceptors (Lipinski definition) is 5. The van der Waals surface area contributed by atoms with Gasteiger partial charge in [0, 0.05) is 12.2 Å². The molecule has 5 nitrogen and oxygen atoms in total. The molecule has 3 N–H and O–H groups in total. The first-order valence-electron chi connectivity index (χ1n) is 5.10. The van der Waals surface area contributed by atoms with Crippen molar-refractivity contribution in [2.24, 2.45) is 0 Å². The Hall–Kier alpha value is -0.570. The molecule has 1 aromatic rings. The van der Waals surface area contributed by atoms with Gasteiger partial charge in [0.15, 0.2) is 0 Å². The molecule has 18 heavy (non-hydrogen) atoms. The summed E-state index contributed by atoms with van der Waals surface area (Å²) in [6.07, 6.45) is -0.847. The molecule has 0 aromatic heterocycles. The van der Waals surface area contributed by atoms with Gasteiger partial charge in [-0.15, -0.1) is 0 Å². The summed E-state index contributed by atoms with van der Waals surface area (Å²) in [5, 5.41) is 21.2. The number of methoxy groups -OCH3 is 1. The Labute approximate surface area is 123 Å². The first-order chi connectivity index (χ1) is 8.51. The summed E-state index contributed by atoms with van der Waals surface area (Å²) in [7, 11) is 1.29. The monoisotopic (exact) mass is 385 g/mol. The van der Waals surface area contributed by atoms with Crippen molar-refractivity contribution in [2.45, 2.75) is 6.10 Å². The van der Waals surface area contributed by atoms with Crippen molar-refractivity contribution in [1.29, 1.82) is 0 Å². The van der Waals surface area contributed by atoms with Crippen LogP contribution in [0.4, 0.5) is 5.69 Å². The molecule has 100 valence electrons. The zero-order chi connectivity index (χ0) is 13.7. The summed E-state index contributed by atoms with van der Waals surface area (Å²) in [6, 6.07) is 3.22. The lowest BCUT2D eigenvalue weighted by Gasteiger charge is -2.13. The van der Waals surface area contributed by atoms with E-state index in [4.69, 9.17) is 16.7 Å². The molecule has 0 fully saturated rings. The number of anilines is 1. The first-order valence-corrected chi connectivity index (χ1v) is 6.56. The van der Waals surface area contributed by atoms with Crippen LogP contribution in [0.2, 0.25) is 5.02 Å². The second kappa shape index (κ2) is 7.13. The maximum absolute atomic E-state index is 11.4. The lowest BCUT2D eigenvalue weighted by atomic mass is 10.2. The normalized spacial score (nSPS) is 12.1. The molecule has 1 aromatic carbocycles. The number of aliphatic hydroxyl groups is 2. The van der Waals surface area contributed by atoms with Crippen LogP contribution < -0.4 is 5.32 Å². The van der Waals surface area contributed by atoms with Crippen molar-refractivity contribution in [2.75, 3.05) is 25.6 Å². The number of nitrogens with one attached hydrogen (secondary N) is 1. The van der Waals surface area contributed by atoms with E-state index in [1.54, 1.807) is 12.1 Å². The van der Waals surface area contributed by atoms with Crippen LogP contribution >= 0.6 is 34.2 Å². The molecule has 0 heterocycles. The number of carbonyl (C=O) groups excluding carboxylic acids is 1. The molecule has 0 aliphatic heterocycles. The maximum atomic E-state index is 11.4. The van der Waals surface area contributed by atoms with Crippen LogP contribution in [0.15, 0.2) is 12.1 Å². The van der Waals surface area contributed by atoms with Gasteiger partial charge in [0.25, 0.3) is 0 Å². The number of benzene rings is 1. The highest BCUT2D eigenvalue weighted by Gasteiger charge is 2.16. The highest BCUT2D eigenvalue weighted by Crippen LogP contribution is 2.30. The zero-order valence-corrected chi connectivity index (χ0v) is 12.5. The molecule has 0 bridgehead atoms. The minimum atomic E-state index is -0.847. The average Bonchev–Trinajstić information content (AvgIpc) is 2.39. The van der Waals surface area contributed by atoms with Gasteiger partial charge in [0.05, 0.1) is 34.0 Å². The van der Waals surface area contributed by atoms with Gasteiger partial charge in [-0.05, 0) is 34.7 Å². The van der Waals surface area contributed by atoms with Crippen LogP contribution in [0.3, 0.4) is 0 Å². The quantitative estimate of drug-likeness (QED) is 0.529. The molecular formula is C11H13ClINO4. The minimum absolute atomic E-state index is 0.195. The van der Waals surface area contributed by atoms with Crippen LogP contribution in [-0.2, 0) is 4.74 Å². The zero-order valence-electron chi connectivity index (χ0n) is 9.61. The number of ether oxygens (including phenoxy) is 1. The van der Waals surface area contributed by atoms with Crippen molar-refractivity contribution in [1.82, 2.24) is 0 Å². The molecule has 0 saturated carbocycles. The molecular weight excluding hydrogens is 372 g/mol. The van der Waals surface area contributed by atoms with Crippen molar-refractivity contribution in [3.63, 3.8) is 0 Å². The van der Waals surface area contributed by atoms with Gasteiger partial charge in [0.2, 0.25) is 0 Å². The van der Waals surface area contributed by atoms with Crippen LogP contribution in [0.5, 0.6) is 0 Å². The van der Waals surface area contributed by atoms with E-state index < -0.39 is 12.1 Å². The Bertz CT molecular complexity index is 441. The predicted octanol–water partition coefficient (Wildman–Crippen LogP) is 1.50. The second-order valence-corrected chi connectivity index (χ2v) is 4.95. The van der Waals surface area contributed by atoms with Crippen LogP contribution in [-0.4, -0.2) is 42.5 Å². The minimum Gasteiger partial charge on any atom is -0.465 e. The van der Waals surface area contributed by atoms with E-state index in [0.717, 1.165) is 0 Å². The van der Waals surface area contributed by atoms with Crippen molar-refractivity contribution in [3.8, 4) is 0 Å². The van der Waals surface area contributed by atoms with E-state index >= 15 is 0 Å². The third-order valence-corrected chi connectivity index (χ3v) is 4.06. The highest BCUT2D eigenvalue weighted by molar-refractivity contribution is 14.1. The fourth-order valence-corrected chi connectivity index (χ4v) is 2.15. The fourth-order valence-electron chi connectivity index (χ4n) is 1.25. The van der Waals surface area contributed by atoms with Crippen molar-refractivity contribution in [3.05, 3.63) is 26.3 Å². The van der Waals surface area contributed by atoms with Gasteiger partial charge in [-0.25, -0.2) is 4.79 Å². The summed E-state index contributed by atoms with van der Waals surface area (Å²) in [5.74, 6) is -0.500. The smallest absolute Gasteiger partial charge is 0.339 e. The number of aliphatic hydroxyl groups excluding tert-OH is 2.